The lowest BCUT2D eigenvalue weighted by Gasteiger charge is -2.45. The molecule has 0 amide bonds. The van der Waals surface area contributed by atoms with Crippen LogP contribution < -0.4 is 0 Å². The molecule has 0 heterocycles. The first-order valence-electron chi connectivity index (χ1n) is 3.88. The molecule has 0 spiro atoms. The molecular formula is C8H12. The van der Waals surface area contributed by atoms with Crippen LogP contribution in [0, 0.1) is 29.6 Å². The van der Waals surface area contributed by atoms with Gasteiger partial charge in [0.1, 0.15) is 0 Å². The van der Waals surface area contributed by atoms with Crippen molar-refractivity contribution in [3.05, 3.63) is 0 Å². The third-order valence-electron chi connectivity index (χ3n) is 4.09. The van der Waals surface area contributed by atoms with Crippen LogP contribution in [0.25, 0.3) is 0 Å². The van der Waals surface area contributed by atoms with Crippen molar-refractivity contribution in [3.63, 3.8) is 0 Å². The Kier molecular flexibility index (Phi) is 0.427. The minimum absolute atomic E-state index is 1.13. The van der Waals surface area contributed by atoms with Gasteiger partial charge in [-0.15, -0.1) is 0 Å². The predicted molar refractivity (Wildman–Crippen MR) is 32.4 cm³/mol. The topological polar surface area (TPSA) is 0 Å². The van der Waals surface area contributed by atoms with Gasteiger partial charge in [-0.2, -0.15) is 0 Å². The van der Waals surface area contributed by atoms with Gasteiger partial charge in [0, 0.05) is 0 Å². The second kappa shape index (κ2) is 0.872. The van der Waals surface area contributed by atoms with Gasteiger partial charge in [0.05, 0.1) is 0 Å². The molecule has 0 saturated heterocycles. The SMILES string of the molecule is CC1C2CC3C1CC23. The molecule has 5 aliphatic carbocycles. The molecule has 5 fully saturated rings. The van der Waals surface area contributed by atoms with Crippen LogP contribution in [-0.4, -0.2) is 0 Å². The van der Waals surface area contributed by atoms with Gasteiger partial charge in [-0.1, -0.05) is 6.92 Å². The van der Waals surface area contributed by atoms with Gasteiger partial charge >= 0.3 is 0 Å². The predicted octanol–water partition coefficient (Wildman–Crippen LogP) is 1.91. The van der Waals surface area contributed by atoms with Crippen molar-refractivity contribution in [2.45, 2.75) is 19.8 Å². The van der Waals surface area contributed by atoms with Crippen LogP contribution >= 0.6 is 0 Å². The highest BCUT2D eigenvalue weighted by molar-refractivity contribution is 5.13. The molecule has 44 valence electrons. The standard InChI is InChI=1S/C8H12/c1-4-5-2-7-6(4)3-8(5)7/h4-8H,2-3H2,1H3. The van der Waals surface area contributed by atoms with Crippen LogP contribution in [0.4, 0.5) is 0 Å². The molecule has 0 nitrogen and oxygen atoms in total. The quantitative estimate of drug-likeness (QED) is 0.444. The summed E-state index contributed by atoms with van der Waals surface area (Å²) in [6.45, 7) is 2.46. The number of hydrogen-bond acceptors (Lipinski definition) is 0. The van der Waals surface area contributed by atoms with Crippen molar-refractivity contribution < 1.29 is 0 Å². The highest BCUT2D eigenvalue weighted by atomic mass is 14.7. The maximum Gasteiger partial charge on any atom is -0.0349 e. The van der Waals surface area contributed by atoms with Crippen molar-refractivity contribution in [2.24, 2.45) is 29.6 Å². The minimum atomic E-state index is 1.13. The summed E-state index contributed by atoms with van der Waals surface area (Å²) in [5.41, 5.74) is 0. The van der Waals surface area contributed by atoms with Gasteiger partial charge in [-0.05, 0) is 42.4 Å². The Morgan fingerprint density at radius 2 is 1.38 bits per heavy atom. The van der Waals surface area contributed by atoms with E-state index >= 15 is 0 Å². The van der Waals surface area contributed by atoms with E-state index in [0.717, 1.165) is 5.92 Å². The normalized spacial score (nSPS) is 73.9. The molecule has 0 aromatic rings. The average molecular weight is 108 g/mol. The molecule has 5 aliphatic rings. The van der Waals surface area contributed by atoms with Gasteiger partial charge < -0.3 is 0 Å². The third-order valence-corrected chi connectivity index (χ3v) is 4.09. The van der Waals surface area contributed by atoms with Gasteiger partial charge in [-0.3, -0.25) is 0 Å². The maximum absolute atomic E-state index is 2.46. The van der Waals surface area contributed by atoms with Gasteiger partial charge in [-0.25, -0.2) is 0 Å². The number of hydrogen-bond donors (Lipinski definition) is 0. The molecule has 4 atom stereocenters. The van der Waals surface area contributed by atoms with Crippen LogP contribution in [0.1, 0.15) is 19.8 Å². The first kappa shape index (κ1) is 3.92. The Labute approximate surface area is 50.3 Å². The molecule has 8 heavy (non-hydrogen) atoms. The lowest BCUT2D eigenvalue weighted by molar-refractivity contribution is 0.0374. The fourth-order valence-electron chi connectivity index (χ4n) is 3.45. The summed E-state index contributed by atoms with van der Waals surface area (Å²) in [7, 11) is 0. The summed E-state index contributed by atoms with van der Waals surface area (Å²) in [4.78, 5) is 0. The van der Waals surface area contributed by atoms with Crippen molar-refractivity contribution in [1.82, 2.24) is 0 Å². The highest BCUT2D eigenvalue weighted by Crippen LogP contribution is 2.72. The van der Waals surface area contributed by atoms with Gasteiger partial charge in [0.15, 0.2) is 0 Å². The fraction of sp³-hybridized carbons (Fsp3) is 1.00. The molecule has 0 aromatic carbocycles. The second-order valence-electron chi connectivity index (χ2n) is 3.99. The summed E-state index contributed by atoms with van der Waals surface area (Å²) >= 11 is 0. The average Bonchev–Trinajstić information content (AvgIpc) is 2.17. The van der Waals surface area contributed by atoms with E-state index < -0.39 is 0 Å². The Morgan fingerprint density at radius 3 is 1.50 bits per heavy atom. The van der Waals surface area contributed by atoms with Crippen molar-refractivity contribution in [3.8, 4) is 0 Å². The molecule has 0 aliphatic heterocycles. The second-order valence-corrected chi connectivity index (χ2v) is 3.99. The summed E-state index contributed by atoms with van der Waals surface area (Å²) in [5, 5.41) is 0. The summed E-state index contributed by atoms with van der Waals surface area (Å²) in [6, 6.07) is 0. The van der Waals surface area contributed by atoms with Crippen molar-refractivity contribution in [1.29, 1.82) is 0 Å². The zero-order valence-electron chi connectivity index (χ0n) is 5.30. The van der Waals surface area contributed by atoms with Crippen LogP contribution in [0.2, 0.25) is 0 Å². The van der Waals surface area contributed by atoms with E-state index in [4.69, 9.17) is 0 Å². The smallest absolute Gasteiger partial charge is 0.0349 e. The third kappa shape index (κ3) is 0.191. The molecular weight excluding hydrogens is 96.1 g/mol. The zero-order chi connectivity index (χ0) is 5.30. The highest BCUT2D eigenvalue weighted by Gasteiger charge is 2.65. The maximum atomic E-state index is 2.46. The van der Waals surface area contributed by atoms with E-state index in [9.17, 15) is 0 Å². The van der Waals surface area contributed by atoms with E-state index in [2.05, 4.69) is 6.92 Å². The van der Waals surface area contributed by atoms with E-state index in [1.165, 1.54) is 23.7 Å². The van der Waals surface area contributed by atoms with E-state index in [-0.39, 0.29) is 0 Å². The number of rotatable bonds is 0. The monoisotopic (exact) mass is 108 g/mol. The Balaban J connectivity index is 2.07. The molecule has 0 N–H and O–H groups in total. The molecule has 5 rings (SSSR count). The molecule has 0 aromatic heterocycles. The largest absolute Gasteiger partial charge is 0.0620 e. The van der Waals surface area contributed by atoms with Crippen LogP contribution in [0.3, 0.4) is 0 Å². The van der Waals surface area contributed by atoms with Gasteiger partial charge in [0.25, 0.3) is 0 Å². The lowest BCUT2D eigenvalue weighted by atomic mass is 9.60. The summed E-state index contributed by atoms with van der Waals surface area (Å²) < 4.78 is 0. The molecule has 0 radical (unpaired) electrons. The molecule has 4 unspecified atom stereocenters. The van der Waals surface area contributed by atoms with Crippen molar-refractivity contribution >= 4 is 0 Å². The van der Waals surface area contributed by atoms with E-state index in [1.54, 1.807) is 12.8 Å². The minimum Gasteiger partial charge on any atom is -0.0620 e. The van der Waals surface area contributed by atoms with E-state index in [1.807, 2.05) is 0 Å². The Bertz CT molecular complexity index is 123. The van der Waals surface area contributed by atoms with Crippen LogP contribution in [0.15, 0.2) is 0 Å². The lowest BCUT2D eigenvalue weighted by Crippen LogP contribution is -2.38. The molecule has 5 saturated carbocycles. The van der Waals surface area contributed by atoms with Crippen molar-refractivity contribution in [2.75, 3.05) is 0 Å². The Morgan fingerprint density at radius 1 is 0.875 bits per heavy atom. The van der Waals surface area contributed by atoms with Gasteiger partial charge in [0.2, 0.25) is 0 Å². The first-order valence-corrected chi connectivity index (χ1v) is 3.88. The van der Waals surface area contributed by atoms with Crippen LogP contribution in [-0.2, 0) is 0 Å². The summed E-state index contributed by atoms with van der Waals surface area (Å²) in [6.07, 6.45) is 3.22. The van der Waals surface area contributed by atoms with Crippen LogP contribution in [0.5, 0.6) is 0 Å². The first-order chi connectivity index (χ1) is 3.88. The summed E-state index contributed by atoms with van der Waals surface area (Å²) in [5.74, 6) is 5.99. The zero-order valence-corrected chi connectivity index (χ0v) is 5.30. The Hall–Kier alpha value is 0. The molecule has 0 heteroatoms. The van der Waals surface area contributed by atoms with E-state index in [0.29, 0.717) is 0 Å². The fourth-order valence-corrected chi connectivity index (χ4v) is 3.45. The molecule has 4 bridgehead atoms.